The third-order valence-corrected chi connectivity index (χ3v) is 1.56. The summed E-state index contributed by atoms with van der Waals surface area (Å²) >= 11 is 0. The maximum Gasteiger partial charge on any atom is 0.164 e. The van der Waals surface area contributed by atoms with E-state index >= 15 is 0 Å². The van der Waals surface area contributed by atoms with Gasteiger partial charge in [-0.3, -0.25) is 0 Å². The molecule has 0 aliphatic rings. The van der Waals surface area contributed by atoms with E-state index in [9.17, 15) is 0 Å². The number of hydrogen-bond acceptors (Lipinski definition) is 2. The summed E-state index contributed by atoms with van der Waals surface area (Å²) in [5.41, 5.74) is 0. The molecule has 0 aliphatic carbocycles. The molecule has 50 valence electrons. The highest BCUT2D eigenvalue weighted by atomic mass is 31.2. The third kappa shape index (κ3) is 6.35. The fourth-order valence-electron chi connectivity index (χ4n) is 0.374. The van der Waals surface area contributed by atoms with Crippen molar-refractivity contribution in [2.75, 3.05) is 6.16 Å². The lowest BCUT2D eigenvalue weighted by Crippen LogP contribution is -1.90. The van der Waals surface area contributed by atoms with E-state index in [-0.39, 0.29) is 0 Å². The Kier molecular flexibility index (Phi) is 4.44. The first-order valence-electron chi connectivity index (χ1n) is 2.78. The predicted molar refractivity (Wildman–Crippen MR) is 35.7 cm³/mol. The predicted octanol–water partition coefficient (Wildman–Crippen LogP) is 1.33. The van der Waals surface area contributed by atoms with Crippen LogP contribution in [0.25, 0.3) is 0 Å². The summed E-state index contributed by atoms with van der Waals surface area (Å²) in [4.78, 5) is 16.8. The van der Waals surface area contributed by atoms with Crippen molar-refractivity contribution in [1.82, 2.24) is 0 Å². The van der Waals surface area contributed by atoms with Gasteiger partial charge in [-0.05, 0) is 12.3 Å². The molecule has 0 saturated heterocycles. The largest absolute Gasteiger partial charge is 0.350 e. The lowest BCUT2D eigenvalue weighted by molar-refractivity contribution is 0.472. The molecule has 0 unspecified atom stereocenters. The second kappa shape index (κ2) is 4.25. The zero-order valence-corrected chi connectivity index (χ0v) is 6.23. The van der Waals surface area contributed by atoms with Gasteiger partial charge in [0.2, 0.25) is 0 Å². The van der Waals surface area contributed by atoms with Crippen molar-refractivity contribution < 1.29 is 9.79 Å². The van der Waals surface area contributed by atoms with E-state index in [1.165, 1.54) is 0 Å². The summed E-state index contributed by atoms with van der Waals surface area (Å²) in [7, 11) is -1.63. The number of hydrogen-bond donors (Lipinski definition) is 2. The standard InChI is InChI=1S/C5H13O2P/c1-5(2)3-4-8(6)7/h5-7H,3-4H2,1-2H3. The normalized spacial score (nSPS) is 11.2. The summed E-state index contributed by atoms with van der Waals surface area (Å²) in [6.07, 6.45) is 1.48. The highest BCUT2D eigenvalue weighted by molar-refractivity contribution is 7.45. The summed E-state index contributed by atoms with van der Waals surface area (Å²) in [6, 6.07) is 0. The van der Waals surface area contributed by atoms with Gasteiger partial charge < -0.3 is 9.79 Å². The third-order valence-electron chi connectivity index (χ3n) is 0.906. The smallest absolute Gasteiger partial charge is 0.164 e. The Morgan fingerprint density at radius 2 is 1.88 bits per heavy atom. The summed E-state index contributed by atoms with van der Waals surface area (Å²) < 4.78 is 0. The van der Waals surface area contributed by atoms with Gasteiger partial charge in [0.15, 0.2) is 8.38 Å². The van der Waals surface area contributed by atoms with Crippen molar-refractivity contribution in [2.24, 2.45) is 5.92 Å². The molecule has 0 aromatic carbocycles. The average Bonchev–Trinajstić information content (AvgIpc) is 1.61. The van der Waals surface area contributed by atoms with E-state index in [0.717, 1.165) is 6.42 Å². The summed E-state index contributed by atoms with van der Waals surface area (Å²) in [5, 5.41) is 0. The molecular formula is C5H13O2P. The lowest BCUT2D eigenvalue weighted by Gasteiger charge is -2.03. The van der Waals surface area contributed by atoms with Crippen LogP contribution in [0.15, 0.2) is 0 Å². The quantitative estimate of drug-likeness (QED) is 0.574. The van der Waals surface area contributed by atoms with Gasteiger partial charge in [-0.15, -0.1) is 0 Å². The molecular weight excluding hydrogens is 123 g/mol. The van der Waals surface area contributed by atoms with Crippen molar-refractivity contribution in [2.45, 2.75) is 20.3 Å². The van der Waals surface area contributed by atoms with Gasteiger partial charge in [0.1, 0.15) is 0 Å². The van der Waals surface area contributed by atoms with Crippen LogP contribution in [0, 0.1) is 5.92 Å². The zero-order valence-electron chi connectivity index (χ0n) is 5.33. The van der Waals surface area contributed by atoms with Gasteiger partial charge in [0, 0.05) is 6.16 Å². The maximum absolute atomic E-state index is 8.42. The van der Waals surface area contributed by atoms with Crippen LogP contribution in [0.1, 0.15) is 20.3 Å². The Balaban J connectivity index is 2.93. The van der Waals surface area contributed by atoms with Gasteiger partial charge in [-0.25, -0.2) is 0 Å². The molecule has 0 aromatic heterocycles. The van der Waals surface area contributed by atoms with Crippen LogP contribution in [0.5, 0.6) is 0 Å². The Bertz CT molecular complexity index is 46.4. The van der Waals surface area contributed by atoms with E-state index in [0.29, 0.717) is 12.1 Å². The molecule has 0 atom stereocenters. The minimum atomic E-state index is -1.63. The van der Waals surface area contributed by atoms with E-state index in [1.54, 1.807) is 0 Å². The minimum Gasteiger partial charge on any atom is -0.350 e. The van der Waals surface area contributed by atoms with E-state index in [4.69, 9.17) is 9.79 Å². The molecule has 0 saturated carbocycles. The monoisotopic (exact) mass is 136 g/mol. The van der Waals surface area contributed by atoms with E-state index < -0.39 is 8.38 Å². The molecule has 2 nitrogen and oxygen atoms in total. The Morgan fingerprint density at radius 3 is 2.00 bits per heavy atom. The Labute approximate surface area is 51.5 Å². The molecule has 0 bridgehead atoms. The van der Waals surface area contributed by atoms with Gasteiger partial charge in [0.05, 0.1) is 0 Å². The molecule has 0 amide bonds. The van der Waals surface area contributed by atoms with Crippen molar-refractivity contribution in [3.8, 4) is 0 Å². The first-order chi connectivity index (χ1) is 3.63. The van der Waals surface area contributed by atoms with Gasteiger partial charge in [0.25, 0.3) is 0 Å². The van der Waals surface area contributed by atoms with Crippen LogP contribution >= 0.6 is 8.38 Å². The first kappa shape index (κ1) is 8.35. The van der Waals surface area contributed by atoms with Crippen molar-refractivity contribution in [3.05, 3.63) is 0 Å². The molecule has 0 radical (unpaired) electrons. The van der Waals surface area contributed by atoms with Crippen molar-refractivity contribution in [3.63, 3.8) is 0 Å². The van der Waals surface area contributed by atoms with Crippen LogP contribution in [0.4, 0.5) is 0 Å². The fraction of sp³-hybridized carbons (Fsp3) is 1.00. The lowest BCUT2D eigenvalue weighted by atomic mass is 10.2. The molecule has 8 heavy (non-hydrogen) atoms. The molecule has 0 fully saturated rings. The van der Waals surface area contributed by atoms with E-state index in [1.807, 2.05) is 0 Å². The second-order valence-corrected chi connectivity index (χ2v) is 3.47. The SMILES string of the molecule is CC(C)CCP(O)O. The maximum atomic E-state index is 8.42. The Morgan fingerprint density at radius 1 is 1.38 bits per heavy atom. The van der Waals surface area contributed by atoms with Crippen molar-refractivity contribution in [1.29, 1.82) is 0 Å². The molecule has 3 heteroatoms. The molecule has 0 aliphatic heterocycles. The van der Waals surface area contributed by atoms with Gasteiger partial charge in [-0.2, -0.15) is 0 Å². The summed E-state index contributed by atoms with van der Waals surface area (Å²) in [6.45, 7) is 4.14. The topological polar surface area (TPSA) is 40.5 Å². The highest BCUT2D eigenvalue weighted by Gasteiger charge is 1.99. The minimum absolute atomic E-state index is 0.562. The van der Waals surface area contributed by atoms with Crippen LogP contribution in [-0.4, -0.2) is 15.9 Å². The first-order valence-corrected chi connectivity index (χ1v) is 4.21. The molecule has 0 spiro atoms. The zero-order chi connectivity index (χ0) is 6.57. The van der Waals surface area contributed by atoms with Crippen LogP contribution in [0.2, 0.25) is 0 Å². The summed E-state index contributed by atoms with van der Waals surface area (Å²) in [5.74, 6) is 0.583. The number of rotatable bonds is 3. The van der Waals surface area contributed by atoms with Crippen LogP contribution in [0.3, 0.4) is 0 Å². The van der Waals surface area contributed by atoms with Gasteiger partial charge >= 0.3 is 0 Å². The molecule has 0 aromatic rings. The van der Waals surface area contributed by atoms with Crippen molar-refractivity contribution >= 4 is 8.38 Å². The highest BCUT2D eigenvalue weighted by Crippen LogP contribution is 2.25. The van der Waals surface area contributed by atoms with E-state index in [2.05, 4.69) is 13.8 Å². The van der Waals surface area contributed by atoms with Crippen LogP contribution < -0.4 is 0 Å². The Hall–Kier alpha value is 0.350. The fourth-order valence-corrected chi connectivity index (χ4v) is 1.12. The average molecular weight is 136 g/mol. The second-order valence-electron chi connectivity index (χ2n) is 2.28. The molecule has 0 heterocycles. The molecule has 0 rings (SSSR count). The van der Waals surface area contributed by atoms with Crippen LogP contribution in [-0.2, 0) is 0 Å². The molecule has 2 N–H and O–H groups in total. The van der Waals surface area contributed by atoms with Gasteiger partial charge in [-0.1, -0.05) is 13.8 Å².